The molecule has 0 aromatic heterocycles. The fourth-order valence-corrected chi connectivity index (χ4v) is 2.95. The summed E-state index contributed by atoms with van der Waals surface area (Å²) < 4.78 is 0. The van der Waals surface area contributed by atoms with Crippen molar-refractivity contribution in [2.75, 3.05) is 18.0 Å². The molecule has 18 heavy (non-hydrogen) atoms. The van der Waals surface area contributed by atoms with Crippen molar-refractivity contribution in [3.8, 4) is 0 Å². The van der Waals surface area contributed by atoms with Gasteiger partial charge in [-0.3, -0.25) is 0 Å². The van der Waals surface area contributed by atoms with Gasteiger partial charge in [-0.15, -0.1) is 0 Å². The van der Waals surface area contributed by atoms with E-state index in [9.17, 15) is 0 Å². The molecule has 0 aliphatic rings. The summed E-state index contributed by atoms with van der Waals surface area (Å²) in [6, 6.07) is 8.62. The number of para-hydroxylation sites is 1. The molecule has 0 fully saturated rings. The minimum Gasteiger partial charge on any atom is -0.365 e. The molecule has 2 nitrogen and oxygen atoms in total. The van der Waals surface area contributed by atoms with Gasteiger partial charge in [0.05, 0.1) is 5.54 Å². The predicted octanol–water partition coefficient (Wildman–Crippen LogP) is 3.73. The average Bonchev–Trinajstić information content (AvgIpc) is 2.40. The fourth-order valence-electron chi connectivity index (χ4n) is 2.95. The maximum atomic E-state index is 6.13. The molecule has 2 heteroatoms. The molecule has 1 rings (SSSR count). The number of hydrogen-bond donors (Lipinski definition) is 1. The highest BCUT2D eigenvalue weighted by molar-refractivity contribution is 5.55. The first-order valence-electron chi connectivity index (χ1n) is 7.18. The summed E-state index contributed by atoms with van der Waals surface area (Å²) in [6.07, 6.45) is 3.43. The zero-order valence-electron chi connectivity index (χ0n) is 12.4. The van der Waals surface area contributed by atoms with Gasteiger partial charge < -0.3 is 10.6 Å². The normalized spacial score (nSPS) is 14.3. The molecule has 1 aromatic carbocycles. The maximum Gasteiger partial charge on any atom is 0.0521 e. The minimum atomic E-state index is 0.107. The molecule has 1 atom stereocenters. The largest absolute Gasteiger partial charge is 0.365 e. The van der Waals surface area contributed by atoms with E-state index in [1.165, 1.54) is 17.7 Å². The lowest BCUT2D eigenvalue weighted by molar-refractivity contribution is 0.354. The van der Waals surface area contributed by atoms with Crippen LogP contribution in [0.3, 0.4) is 0 Å². The lowest BCUT2D eigenvalue weighted by Crippen LogP contribution is -2.54. The number of nitrogens with zero attached hydrogens (tertiary/aromatic N) is 1. The lowest BCUT2D eigenvalue weighted by atomic mass is 9.87. The second-order valence-electron chi connectivity index (χ2n) is 5.06. The molecule has 0 spiro atoms. The topological polar surface area (TPSA) is 29.3 Å². The zero-order chi connectivity index (χ0) is 13.6. The van der Waals surface area contributed by atoms with Crippen molar-refractivity contribution in [3.63, 3.8) is 0 Å². The van der Waals surface area contributed by atoms with Crippen LogP contribution in [0.5, 0.6) is 0 Å². The van der Waals surface area contributed by atoms with Crippen LogP contribution >= 0.6 is 0 Å². The molecular formula is C16H28N2. The molecule has 0 saturated heterocycles. The molecule has 1 unspecified atom stereocenters. The number of aryl methyl sites for hydroxylation is 1. The van der Waals surface area contributed by atoms with Gasteiger partial charge >= 0.3 is 0 Å². The highest BCUT2D eigenvalue weighted by Gasteiger charge is 2.32. The molecule has 0 saturated carbocycles. The van der Waals surface area contributed by atoms with Crippen molar-refractivity contribution in [1.29, 1.82) is 0 Å². The Bertz CT molecular complexity index is 356. The Kier molecular flexibility index (Phi) is 5.67. The second kappa shape index (κ2) is 6.79. The second-order valence-corrected chi connectivity index (χ2v) is 5.06. The minimum absolute atomic E-state index is 0.107. The molecular weight excluding hydrogens is 220 g/mol. The highest BCUT2D eigenvalue weighted by Crippen LogP contribution is 2.32. The molecule has 1 aromatic rings. The quantitative estimate of drug-likeness (QED) is 0.796. The molecule has 0 bridgehead atoms. The Morgan fingerprint density at radius 1 is 1.17 bits per heavy atom. The first-order chi connectivity index (χ1) is 8.65. The third-order valence-corrected chi connectivity index (χ3v) is 4.05. The summed E-state index contributed by atoms with van der Waals surface area (Å²) in [5.74, 6) is 0. The van der Waals surface area contributed by atoms with Crippen molar-refractivity contribution >= 4 is 5.69 Å². The number of benzene rings is 1. The van der Waals surface area contributed by atoms with E-state index in [-0.39, 0.29) is 5.54 Å². The standard InChI is InChI=1S/C16H28N2/c1-5-12-16(6-2,13-17)18(7-3)15-11-9-8-10-14(15)4/h8-11H,5-7,12-13,17H2,1-4H3. The molecule has 0 radical (unpaired) electrons. The third-order valence-electron chi connectivity index (χ3n) is 4.05. The van der Waals surface area contributed by atoms with Gasteiger partial charge in [-0.2, -0.15) is 0 Å². The van der Waals surface area contributed by atoms with E-state index in [2.05, 4.69) is 56.9 Å². The van der Waals surface area contributed by atoms with Gasteiger partial charge in [-0.05, 0) is 38.3 Å². The van der Waals surface area contributed by atoms with E-state index >= 15 is 0 Å². The van der Waals surface area contributed by atoms with Gasteiger partial charge in [0.25, 0.3) is 0 Å². The van der Waals surface area contributed by atoms with E-state index in [0.29, 0.717) is 0 Å². The van der Waals surface area contributed by atoms with Crippen LogP contribution in [0.2, 0.25) is 0 Å². The van der Waals surface area contributed by atoms with Crippen LogP contribution < -0.4 is 10.6 Å². The maximum absolute atomic E-state index is 6.13. The van der Waals surface area contributed by atoms with Crippen LogP contribution in [0.25, 0.3) is 0 Å². The summed E-state index contributed by atoms with van der Waals surface area (Å²) in [6.45, 7) is 10.6. The Morgan fingerprint density at radius 3 is 2.28 bits per heavy atom. The van der Waals surface area contributed by atoms with Crippen LogP contribution in [0.4, 0.5) is 5.69 Å². The van der Waals surface area contributed by atoms with Crippen molar-refractivity contribution in [3.05, 3.63) is 29.8 Å². The highest BCUT2D eigenvalue weighted by atomic mass is 15.2. The Labute approximate surface area is 112 Å². The monoisotopic (exact) mass is 248 g/mol. The van der Waals surface area contributed by atoms with Crippen molar-refractivity contribution in [1.82, 2.24) is 0 Å². The van der Waals surface area contributed by atoms with E-state index in [0.717, 1.165) is 25.9 Å². The van der Waals surface area contributed by atoms with Gasteiger partial charge in [-0.1, -0.05) is 38.5 Å². The number of rotatable bonds is 7. The summed E-state index contributed by atoms with van der Waals surface area (Å²) in [7, 11) is 0. The summed E-state index contributed by atoms with van der Waals surface area (Å²) in [5, 5.41) is 0. The molecule has 0 aliphatic carbocycles. The van der Waals surface area contributed by atoms with Gasteiger partial charge in [0.15, 0.2) is 0 Å². The third kappa shape index (κ3) is 2.86. The van der Waals surface area contributed by atoms with Gasteiger partial charge in [0.2, 0.25) is 0 Å². The fraction of sp³-hybridized carbons (Fsp3) is 0.625. The predicted molar refractivity (Wildman–Crippen MR) is 81.2 cm³/mol. The first kappa shape index (κ1) is 15.0. The van der Waals surface area contributed by atoms with Crippen molar-refractivity contribution in [2.45, 2.75) is 52.5 Å². The Balaban J connectivity index is 3.17. The number of hydrogen-bond acceptors (Lipinski definition) is 2. The number of likely N-dealkylation sites (N-methyl/N-ethyl adjacent to an activating group) is 1. The smallest absolute Gasteiger partial charge is 0.0521 e. The molecule has 102 valence electrons. The van der Waals surface area contributed by atoms with Gasteiger partial charge in [0, 0.05) is 18.8 Å². The summed E-state index contributed by atoms with van der Waals surface area (Å²) in [4.78, 5) is 2.51. The van der Waals surface area contributed by atoms with Crippen LogP contribution in [-0.4, -0.2) is 18.6 Å². The lowest BCUT2D eigenvalue weighted by Gasteiger charge is -2.45. The van der Waals surface area contributed by atoms with Gasteiger partial charge in [0.1, 0.15) is 0 Å². The van der Waals surface area contributed by atoms with Gasteiger partial charge in [-0.25, -0.2) is 0 Å². The number of anilines is 1. The Hall–Kier alpha value is -1.02. The SMILES string of the molecule is CCCC(CC)(CN)N(CC)c1ccccc1C. The summed E-state index contributed by atoms with van der Waals surface area (Å²) in [5.41, 5.74) is 8.90. The molecule has 0 heterocycles. The van der Waals surface area contributed by atoms with Crippen LogP contribution in [0, 0.1) is 6.92 Å². The molecule has 0 amide bonds. The zero-order valence-corrected chi connectivity index (χ0v) is 12.4. The van der Waals surface area contributed by atoms with E-state index < -0.39 is 0 Å². The average molecular weight is 248 g/mol. The molecule has 2 N–H and O–H groups in total. The van der Waals surface area contributed by atoms with Crippen LogP contribution in [0.15, 0.2) is 24.3 Å². The van der Waals surface area contributed by atoms with Crippen LogP contribution in [0.1, 0.15) is 45.6 Å². The van der Waals surface area contributed by atoms with Crippen molar-refractivity contribution in [2.24, 2.45) is 5.73 Å². The Morgan fingerprint density at radius 2 is 1.83 bits per heavy atom. The van der Waals surface area contributed by atoms with E-state index in [1.807, 2.05) is 0 Å². The number of nitrogens with two attached hydrogens (primary N) is 1. The molecule has 0 aliphatic heterocycles. The van der Waals surface area contributed by atoms with Crippen molar-refractivity contribution < 1.29 is 0 Å². The first-order valence-corrected chi connectivity index (χ1v) is 7.18. The van der Waals surface area contributed by atoms with Crippen LogP contribution in [-0.2, 0) is 0 Å². The van der Waals surface area contributed by atoms with E-state index in [4.69, 9.17) is 5.73 Å². The summed E-state index contributed by atoms with van der Waals surface area (Å²) >= 11 is 0. The van der Waals surface area contributed by atoms with E-state index in [1.54, 1.807) is 0 Å².